The third-order valence-electron chi connectivity index (χ3n) is 4.60. The number of hydrogen-bond acceptors (Lipinski definition) is 3. The Morgan fingerprint density at radius 2 is 1.84 bits per heavy atom. The van der Waals surface area contributed by atoms with Gasteiger partial charge in [0.25, 0.3) is 5.91 Å². The lowest BCUT2D eigenvalue weighted by molar-refractivity contribution is -0.165. The van der Waals surface area contributed by atoms with Gasteiger partial charge in [0.15, 0.2) is 0 Å². The van der Waals surface area contributed by atoms with Gasteiger partial charge in [-0.25, -0.2) is 4.79 Å². The number of hydrogen-bond donors (Lipinski definition) is 2. The summed E-state index contributed by atoms with van der Waals surface area (Å²) in [6.07, 6.45) is 0. The van der Waals surface area contributed by atoms with Crippen LogP contribution in [0.4, 0.5) is 5.69 Å². The highest BCUT2D eigenvalue weighted by atomic mass is 16.5. The van der Waals surface area contributed by atoms with E-state index in [4.69, 9.17) is 4.74 Å². The number of methoxy groups -OCH3 is 1. The zero-order valence-corrected chi connectivity index (χ0v) is 14.4. The SMILES string of the molecule is CCn1c2ccccc2c2cc(NC(=O)C(C)(OC)C(=O)O)ccc21. The lowest BCUT2D eigenvalue weighted by Crippen LogP contribution is -2.48. The predicted octanol–water partition coefficient (Wildman–Crippen LogP) is 3.24. The first-order valence-corrected chi connectivity index (χ1v) is 8.03. The van der Waals surface area contributed by atoms with E-state index in [1.54, 1.807) is 6.07 Å². The monoisotopic (exact) mass is 340 g/mol. The lowest BCUT2D eigenvalue weighted by Gasteiger charge is -2.21. The topological polar surface area (TPSA) is 80.6 Å². The molecule has 3 rings (SSSR count). The quantitative estimate of drug-likeness (QED) is 0.699. The maximum Gasteiger partial charge on any atom is 0.345 e. The van der Waals surface area contributed by atoms with E-state index in [1.165, 1.54) is 14.0 Å². The molecule has 2 aromatic carbocycles. The summed E-state index contributed by atoms with van der Waals surface area (Å²) < 4.78 is 7.10. The van der Waals surface area contributed by atoms with Crippen LogP contribution in [-0.4, -0.2) is 34.3 Å². The molecule has 0 bridgehead atoms. The number of carbonyl (C=O) groups is 2. The van der Waals surface area contributed by atoms with Crippen molar-refractivity contribution in [3.8, 4) is 0 Å². The molecule has 2 N–H and O–H groups in total. The molecule has 0 radical (unpaired) electrons. The van der Waals surface area contributed by atoms with Crippen LogP contribution >= 0.6 is 0 Å². The summed E-state index contributed by atoms with van der Waals surface area (Å²) >= 11 is 0. The Hall–Kier alpha value is -2.86. The molecule has 0 saturated carbocycles. The molecule has 25 heavy (non-hydrogen) atoms. The van der Waals surface area contributed by atoms with Crippen LogP contribution in [0.15, 0.2) is 42.5 Å². The smallest absolute Gasteiger partial charge is 0.345 e. The van der Waals surface area contributed by atoms with Crippen LogP contribution in [0.3, 0.4) is 0 Å². The number of aryl methyl sites for hydroxylation is 1. The second-order valence-electron chi connectivity index (χ2n) is 5.99. The van der Waals surface area contributed by atoms with Crippen molar-refractivity contribution in [3.05, 3.63) is 42.5 Å². The molecular weight excluding hydrogens is 320 g/mol. The maximum absolute atomic E-state index is 12.3. The minimum Gasteiger partial charge on any atom is -0.479 e. The predicted molar refractivity (Wildman–Crippen MR) is 96.8 cm³/mol. The number of benzene rings is 2. The van der Waals surface area contributed by atoms with Gasteiger partial charge < -0.3 is 19.7 Å². The standard InChI is InChI=1S/C19H20N2O4/c1-4-21-15-8-6-5-7-13(15)14-11-12(9-10-16(14)21)20-17(22)19(2,25-3)18(23)24/h5-11H,4H2,1-3H3,(H,20,22)(H,23,24). The number of carboxylic acid groups (broad SMARTS) is 1. The van der Waals surface area contributed by atoms with E-state index >= 15 is 0 Å². The number of rotatable bonds is 5. The average molecular weight is 340 g/mol. The lowest BCUT2D eigenvalue weighted by atomic mass is 10.1. The van der Waals surface area contributed by atoms with E-state index < -0.39 is 17.5 Å². The van der Waals surface area contributed by atoms with E-state index in [0.29, 0.717) is 5.69 Å². The van der Waals surface area contributed by atoms with Crippen LogP contribution < -0.4 is 5.32 Å². The van der Waals surface area contributed by atoms with Gasteiger partial charge in [0.05, 0.1) is 0 Å². The zero-order chi connectivity index (χ0) is 18.2. The second-order valence-corrected chi connectivity index (χ2v) is 5.99. The van der Waals surface area contributed by atoms with Crippen LogP contribution in [0.25, 0.3) is 21.8 Å². The molecule has 1 aromatic heterocycles. The van der Waals surface area contributed by atoms with Crippen molar-refractivity contribution in [3.63, 3.8) is 0 Å². The molecule has 130 valence electrons. The molecule has 1 unspecified atom stereocenters. The van der Waals surface area contributed by atoms with Gasteiger partial charge in [-0.05, 0) is 38.1 Å². The maximum atomic E-state index is 12.3. The first-order valence-electron chi connectivity index (χ1n) is 8.03. The van der Waals surface area contributed by atoms with Crippen LogP contribution in [0, 0.1) is 0 Å². The molecule has 6 nitrogen and oxygen atoms in total. The van der Waals surface area contributed by atoms with Crippen molar-refractivity contribution in [2.24, 2.45) is 0 Å². The summed E-state index contributed by atoms with van der Waals surface area (Å²) in [7, 11) is 1.20. The van der Waals surface area contributed by atoms with E-state index in [9.17, 15) is 14.7 Å². The molecule has 0 aliphatic carbocycles. The number of ether oxygens (including phenoxy) is 1. The highest BCUT2D eigenvalue weighted by Gasteiger charge is 2.41. The van der Waals surface area contributed by atoms with Crippen molar-refractivity contribution in [2.75, 3.05) is 12.4 Å². The van der Waals surface area contributed by atoms with Crippen LogP contribution in [-0.2, 0) is 20.9 Å². The summed E-state index contributed by atoms with van der Waals surface area (Å²) in [5.74, 6) is -2.06. The number of para-hydroxylation sites is 1. The molecular formula is C19H20N2O4. The number of nitrogens with one attached hydrogen (secondary N) is 1. The van der Waals surface area contributed by atoms with Crippen molar-refractivity contribution in [2.45, 2.75) is 26.0 Å². The van der Waals surface area contributed by atoms with Gasteiger partial charge in [-0.3, -0.25) is 4.79 Å². The number of carbonyl (C=O) groups excluding carboxylic acids is 1. The fraction of sp³-hybridized carbons (Fsp3) is 0.263. The van der Waals surface area contributed by atoms with E-state index in [0.717, 1.165) is 28.4 Å². The summed E-state index contributed by atoms with van der Waals surface area (Å²) in [5.41, 5.74) is 0.776. The normalized spacial score (nSPS) is 13.7. The molecule has 0 saturated heterocycles. The molecule has 0 aliphatic heterocycles. The first kappa shape index (κ1) is 17.0. The molecule has 1 atom stereocenters. The minimum absolute atomic E-state index is 0.529. The fourth-order valence-electron chi connectivity index (χ4n) is 3.00. The van der Waals surface area contributed by atoms with Crippen molar-refractivity contribution >= 4 is 39.4 Å². The summed E-state index contributed by atoms with van der Waals surface area (Å²) in [6.45, 7) is 4.14. The fourth-order valence-corrected chi connectivity index (χ4v) is 3.00. The Kier molecular flexibility index (Phi) is 4.22. The Labute approximate surface area is 145 Å². The van der Waals surface area contributed by atoms with Gasteiger partial charge in [-0.2, -0.15) is 0 Å². The van der Waals surface area contributed by atoms with E-state index in [-0.39, 0.29) is 0 Å². The summed E-state index contributed by atoms with van der Waals surface area (Å²) in [4.78, 5) is 23.7. The van der Waals surface area contributed by atoms with Crippen LogP contribution in [0.5, 0.6) is 0 Å². The summed E-state index contributed by atoms with van der Waals surface area (Å²) in [6, 6.07) is 13.6. The van der Waals surface area contributed by atoms with Gasteiger partial charge in [0.2, 0.25) is 5.60 Å². The Morgan fingerprint density at radius 3 is 2.48 bits per heavy atom. The third-order valence-corrected chi connectivity index (χ3v) is 4.60. The van der Waals surface area contributed by atoms with Gasteiger partial charge in [0.1, 0.15) is 0 Å². The van der Waals surface area contributed by atoms with Crippen LogP contribution in [0.2, 0.25) is 0 Å². The number of aromatic nitrogens is 1. The second kappa shape index (κ2) is 6.22. The third kappa shape index (κ3) is 2.64. The van der Waals surface area contributed by atoms with Crippen molar-refractivity contribution in [1.82, 2.24) is 4.57 Å². The van der Waals surface area contributed by atoms with Crippen molar-refractivity contribution in [1.29, 1.82) is 0 Å². The van der Waals surface area contributed by atoms with Crippen molar-refractivity contribution < 1.29 is 19.4 Å². The number of nitrogens with zero attached hydrogens (tertiary/aromatic N) is 1. The van der Waals surface area contributed by atoms with E-state index in [2.05, 4.69) is 22.9 Å². The first-order chi connectivity index (χ1) is 11.9. The Bertz CT molecular complexity index is 976. The van der Waals surface area contributed by atoms with Gasteiger partial charge in [-0.1, -0.05) is 18.2 Å². The molecule has 3 aromatic rings. The molecule has 1 amide bonds. The largest absolute Gasteiger partial charge is 0.479 e. The Morgan fingerprint density at radius 1 is 1.16 bits per heavy atom. The van der Waals surface area contributed by atoms with Crippen LogP contribution in [0.1, 0.15) is 13.8 Å². The average Bonchev–Trinajstić information content (AvgIpc) is 2.93. The molecule has 0 fully saturated rings. The van der Waals surface area contributed by atoms with Gasteiger partial charge in [-0.15, -0.1) is 0 Å². The summed E-state index contributed by atoms with van der Waals surface area (Å²) in [5, 5.41) is 14.0. The van der Waals surface area contributed by atoms with E-state index in [1.807, 2.05) is 30.3 Å². The highest BCUT2D eigenvalue weighted by molar-refractivity contribution is 6.13. The number of fused-ring (bicyclic) bond motifs is 3. The minimum atomic E-state index is -1.94. The molecule has 0 aliphatic rings. The number of anilines is 1. The molecule has 0 spiro atoms. The van der Waals surface area contributed by atoms with Gasteiger partial charge in [0, 0.05) is 41.1 Å². The molecule has 1 heterocycles. The number of amides is 1. The highest BCUT2D eigenvalue weighted by Crippen LogP contribution is 2.31. The Balaban J connectivity index is 2.06. The molecule has 6 heteroatoms. The zero-order valence-electron chi connectivity index (χ0n) is 14.4. The van der Waals surface area contributed by atoms with Gasteiger partial charge >= 0.3 is 5.97 Å². The number of aliphatic carboxylic acids is 1. The number of carboxylic acids is 1.